The Bertz CT molecular complexity index is 1010. The Balaban J connectivity index is 1.36. The Kier molecular flexibility index (Phi) is 6.09. The van der Waals surface area contributed by atoms with Gasteiger partial charge in [0.05, 0.1) is 6.61 Å². The van der Waals surface area contributed by atoms with Crippen molar-refractivity contribution in [2.45, 2.75) is 26.8 Å². The maximum Gasteiger partial charge on any atom is 0.270 e. The van der Waals surface area contributed by atoms with E-state index >= 15 is 0 Å². The summed E-state index contributed by atoms with van der Waals surface area (Å²) >= 11 is 0. The Morgan fingerprint density at radius 1 is 1.03 bits per heavy atom. The van der Waals surface area contributed by atoms with Gasteiger partial charge >= 0.3 is 0 Å². The average molecular weight is 406 g/mol. The summed E-state index contributed by atoms with van der Waals surface area (Å²) in [7, 11) is 1.99. The molecule has 0 radical (unpaired) electrons. The van der Waals surface area contributed by atoms with Crippen molar-refractivity contribution in [1.82, 2.24) is 14.4 Å². The van der Waals surface area contributed by atoms with Crippen molar-refractivity contribution in [3.8, 4) is 5.75 Å². The predicted molar refractivity (Wildman–Crippen MR) is 121 cm³/mol. The minimum absolute atomic E-state index is 0.130. The number of aromatic nitrogens is 1. The minimum Gasteiger partial charge on any atom is -0.494 e. The summed E-state index contributed by atoms with van der Waals surface area (Å²) in [5, 5.41) is 1.16. The molecule has 30 heavy (non-hydrogen) atoms. The summed E-state index contributed by atoms with van der Waals surface area (Å²) in [4.78, 5) is 17.6. The number of carbonyl (C=O) groups excluding carboxylic acids is 1. The van der Waals surface area contributed by atoms with Crippen LogP contribution in [0.25, 0.3) is 10.9 Å². The van der Waals surface area contributed by atoms with E-state index in [1.54, 1.807) is 0 Å². The first-order chi connectivity index (χ1) is 14.6. The van der Waals surface area contributed by atoms with Crippen LogP contribution in [0, 0.1) is 6.92 Å². The lowest BCUT2D eigenvalue weighted by Gasteiger charge is -2.34. The number of fused-ring (bicyclic) bond motifs is 1. The lowest BCUT2D eigenvalue weighted by atomic mass is 10.1. The van der Waals surface area contributed by atoms with Gasteiger partial charge < -0.3 is 14.2 Å². The number of benzene rings is 2. The first kappa shape index (κ1) is 20.5. The third-order valence-corrected chi connectivity index (χ3v) is 5.99. The lowest BCUT2D eigenvalue weighted by molar-refractivity contribution is 0.0619. The smallest absolute Gasteiger partial charge is 0.270 e. The van der Waals surface area contributed by atoms with E-state index in [-0.39, 0.29) is 5.91 Å². The highest BCUT2D eigenvalue weighted by Crippen LogP contribution is 2.23. The number of ether oxygens (including phenoxy) is 1. The van der Waals surface area contributed by atoms with Gasteiger partial charge in [-0.1, -0.05) is 31.2 Å². The van der Waals surface area contributed by atoms with Crippen LogP contribution in [-0.4, -0.2) is 53.1 Å². The predicted octanol–water partition coefficient (Wildman–Crippen LogP) is 4.23. The molecular formula is C25H31N3O2. The zero-order valence-electron chi connectivity index (χ0n) is 18.2. The molecule has 1 saturated heterocycles. The molecular weight excluding hydrogens is 374 g/mol. The molecule has 0 spiro atoms. The van der Waals surface area contributed by atoms with Crippen LogP contribution in [0.3, 0.4) is 0 Å². The first-order valence-corrected chi connectivity index (χ1v) is 10.8. The Morgan fingerprint density at radius 2 is 1.77 bits per heavy atom. The third kappa shape index (κ3) is 4.21. The van der Waals surface area contributed by atoms with Gasteiger partial charge in [0.2, 0.25) is 0 Å². The highest BCUT2D eigenvalue weighted by Gasteiger charge is 2.24. The fourth-order valence-electron chi connectivity index (χ4n) is 4.15. The molecule has 158 valence electrons. The lowest BCUT2D eigenvalue weighted by Crippen LogP contribution is -2.48. The van der Waals surface area contributed by atoms with E-state index in [4.69, 9.17) is 4.74 Å². The van der Waals surface area contributed by atoms with Crippen molar-refractivity contribution in [1.29, 1.82) is 0 Å². The number of rotatable bonds is 6. The average Bonchev–Trinajstić information content (AvgIpc) is 3.11. The summed E-state index contributed by atoms with van der Waals surface area (Å²) in [6, 6.07) is 16.6. The molecule has 4 rings (SSSR count). The van der Waals surface area contributed by atoms with Crippen molar-refractivity contribution in [3.63, 3.8) is 0 Å². The summed E-state index contributed by atoms with van der Waals surface area (Å²) in [5.41, 5.74) is 4.37. The van der Waals surface area contributed by atoms with Crippen LogP contribution in [0.2, 0.25) is 0 Å². The molecule has 2 heterocycles. The molecule has 1 amide bonds. The van der Waals surface area contributed by atoms with Gasteiger partial charge in [-0.2, -0.15) is 0 Å². The third-order valence-electron chi connectivity index (χ3n) is 5.99. The molecule has 0 unspecified atom stereocenters. The summed E-state index contributed by atoms with van der Waals surface area (Å²) < 4.78 is 7.69. The highest BCUT2D eigenvalue weighted by molar-refractivity contribution is 5.99. The topological polar surface area (TPSA) is 37.7 Å². The van der Waals surface area contributed by atoms with Crippen LogP contribution < -0.4 is 4.74 Å². The molecule has 1 aliphatic heterocycles. The van der Waals surface area contributed by atoms with Crippen LogP contribution in [0.15, 0.2) is 48.5 Å². The number of carbonyl (C=O) groups is 1. The number of hydrogen-bond donors (Lipinski definition) is 0. The van der Waals surface area contributed by atoms with Gasteiger partial charge in [0, 0.05) is 50.7 Å². The zero-order valence-corrected chi connectivity index (χ0v) is 18.2. The minimum atomic E-state index is 0.130. The van der Waals surface area contributed by atoms with Gasteiger partial charge in [-0.15, -0.1) is 0 Å². The van der Waals surface area contributed by atoms with Crippen LogP contribution in [-0.2, 0) is 13.6 Å². The molecule has 1 aliphatic rings. The second-order valence-electron chi connectivity index (χ2n) is 8.16. The summed E-state index contributed by atoms with van der Waals surface area (Å²) in [6.45, 7) is 9.17. The molecule has 0 atom stereocenters. The molecule has 5 heteroatoms. The molecule has 5 nitrogen and oxygen atoms in total. The van der Waals surface area contributed by atoms with E-state index in [1.807, 2.05) is 40.8 Å². The Morgan fingerprint density at radius 3 is 2.43 bits per heavy atom. The van der Waals surface area contributed by atoms with Gasteiger partial charge in [-0.3, -0.25) is 9.69 Å². The second kappa shape index (κ2) is 8.92. The van der Waals surface area contributed by atoms with E-state index in [1.165, 1.54) is 11.1 Å². The molecule has 1 fully saturated rings. The Hall–Kier alpha value is -2.79. The van der Waals surface area contributed by atoms with Gasteiger partial charge in [0.1, 0.15) is 11.4 Å². The quantitative estimate of drug-likeness (QED) is 0.616. The van der Waals surface area contributed by atoms with E-state index in [2.05, 4.69) is 43.0 Å². The fourth-order valence-corrected chi connectivity index (χ4v) is 4.15. The van der Waals surface area contributed by atoms with Gasteiger partial charge in [-0.05, 0) is 48.7 Å². The first-order valence-electron chi connectivity index (χ1n) is 10.8. The monoisotopic (exact) mass is 405 g/mol. The SMILES string of the molecule is CCCOc1ccc(CN2CCN(C(=O)c3cc4c(C)cccc4n3C)CC2)cc1. The van der Waals surface area contributed by atoms with Crippen molar-refractivity contribution in [3.05, 3.63) is 65.4 Å². The normalized spacial score (nSPS) is 15.0. The van der Waals surface area contributed by atoms with Crippen molar-refractivity contribution in [2.24, 2.45) is 7.05 Å². The van der Waals surface area contributed by atoms with Gasteiger partial charge in [0.15, 0.2) is 0 Å². The molecule has 0 aliphatic carbocycles. The van der Waals surface area contributed by atoms with E-state index < -0.39 is 0 Å². The van der Waals surface area contributed by atoms with Crippen LogP contribution >= 0.6 is 0 Å². The summed E-state index contributed by atoms with van der Waals surface area (Å²) in [5.74, 6) is 1.06. The fraction of sp³-hybridized carbons (Fsp3) is 0.400. The zero-order chi connectivity index (χ0) is 21.1. The van der Waals surface area contributed by atoms with E-state index in [0.29, 0.717) is 0 Å². The molecule has 0 bridgehead atoms. The largest absolute Gasteiger partial charge is 0.494 e. The van der Waals surface area contributed by atoms with Crippen molar-refractivity contribution >= 4 is 16.8 Å². The molecule has 0 N–H and O–H groups in total. The van der Waals surface area contributed by atoms with Crippen LogP contribution in [0.4, 0.5) is 0 Å². The molecule has 0 saturated carbocycles. The maximum absolute atomic E-state index is 13.2. The maximum atomic E-state index is 13.2. The molecule has 2 aromatic carbocycles. The number of amides is 1. The van der Waals surface area contributed by atoms with Gasteiger partial charge in [0.25, 0.3) is 5.91 Å². The van der Waals surface area contributed by atoms with Gasteiger partial charge in [-0.25, -0.2) is 0 Å². The van der Waals surface area contributed by atoms with Crippen molar-refractivity contribution < 1.29 is 9.53 Å². The van der Waals surface area contributed by atoms with Crippen LogP contribution in [0.1, 0.15) is 35.0 Å². The van der Waals surface area contributed by atoms with E-state index in [9.17, 15) is 4.79 Å². The number of nitrogens with zero attached hydrogens (tertiary/aromatic N) is 3. The van der Waals surface area contributed by atoms with Crippen molar-refractivity contribution in [2.75, 3.05) is 32.8 Å². The number of piperazine rings is 1. The van der Waals surface area contributed by atoms with E-state index in [0.717, 1.165) is 68.1 Å². The standard InChI is InChI=1S/C25H31N3O2/c1-4-16-30-21-10-8-20(9-11-21)18-27-12-14-28(15-13-27)25(29)24-17-22-19(2)6-5-7-23(22)26(24)3/h5-11,17H,4,12-16,18H2,1-3H3. The number of aryl methyl sites for hydroxylation is 2. The Labute approximate surface area is 178 Å². The second-order valence-corrected chi connectivity index (χ2v) is 8.16. The highest BCUT2D eigenvalue weighted by atomic mass is 16.5. The summed E-state index contributed by atoms with van der Waals surface area (Å²) in [6.07, 6.45) is 1.02. The van der Waals surface area contributed by atoms with Crippen LogP contribution in [0.5, 0.6) is 5.75 Å². The molecule has 1 aromatic heterocycles. The number of hydrogen-bond acceptors (Lipinski definition) is 3. The molecule has 3 aromatic rings.